The summed E-state index contributed by atoms with van der Waals surface area (Å²) in [5, 5.41) is 3.26. The van der Waals surface area contributed by atoms with Crippen LogP contribution in [-0.4, -0.2) is 41.1 Å². The van der Waals surface area contributed by atoms with Gasteiger partial charge in [0.1, 0.15) is 11.6 Å². The third kappa shape index (κ3) is 3.92. The van der Waals surface area contributed by atoms with E-state index in [1.165, 1.54) is 12.1 Å². The van der Waals surface area contributed by atoms with Crippen LogP contribution in [0.3, 0.4) is 0 Å². The van der Waals surface area contributed by atoms with Crippen molar-refractivity contribution in [1.82, 2.24) is 14.9 Å². The van der Waals surface area contributed by atoms with Gasteiger partial charge in [0.2, 0.25) is 11.8 Å². The maximum Gasteiger partial charge on any atom is 0.226 e. The standard InChI is InChI=1S/C16H18F2N4O/c1-23-15-4-6-19-16(21-15)20-13-5-7-22(10-13)9-11-2-3-12(17)8-14(11)18/h2-4,6,8,13H,5,7,9-10H2,1H3,(H,19,20,21). The van der Waals surface area contributed by atoms with E-state index in [1.54, 1.807) is 19.4 Å². The monoisotopic (exact) mass is 320 g/mol. The van der Waals surface area contributed by atoms with Gasteiger partial charge in [0.05, 0.1) is 7.11 Å². The lowest BCUT2D eigenvalue weighted by atomic mass is 10.2. The Balaban J connectivity index is 1.57. The molecule has 0 saturated carbocycles. The van der Waals surface area contributed by atoms with E-state index in [0.29, 0.717) is 23.9 Å². The molecule has 1 aromatic carbocycles. The lowest BCUT2D eigenvalue weighted by molar-refractivity contribution is 0.322. The Morgan fingerprint density at radius 3 is 3.00 bits per heavy atom. The van der Waals surface area contributed by atoms with Crippen molar-refractivity contribution in [1.29, 1.82) is 0 Å². The lowest BCUT2D eigenvalue weighted by Gasteiger charge is -2.17. The molecule has 2 heterocycles. The van der Waals surface area contributed by atoms with Crippen molar-refractivity contribution >= 4 is 5.95 Å². The zero-order valence-electron chi connectivity index (χ0n) is 12.8. The van der Waals surface area contributed by atoms with Gasteiger partial charge in [-0.05, 0) is 12.5 Å². The van der Waals surface area contributed by atoms with Gasteiger partial charge in [-0.3, -0.25) is 4.90 Å². The highest BCUT2D eigenvalue weighted by Crippen LogP contribution is 2.19. The van der Waals surface area contributed by atoms with Crippen molar-refractivity contribution in [3.8, 4) is 5.88 Å². The van der Waals surface area contributed by atoms with Crippen molar-refractivity contribution in [3.05, 3.63) is 47.7 Å². The van der Waals surface area contributed by atoms with Gasteiger partial charge in [0.25, 0.3) is 0 Å². The Morgan fingerprint density at radius 1 is 1.35 bits per heavy atom. The van der Waals surface area contributed by atoms with Gasteiger partial charge in [-0.15, -0.1) is 0 Å². The Bertz CT molecular complexity index is 683. The van der Waals surface area contributed by atoms with Gasteiger partial charge in [0.15, 0.2) is 0 Å². The van der Waals surface area contributed by atoms with Gasteiger partial charge in [-0.2, -0.15) is 4.98 Å². The average molecular weight is 320 g/mol. The van der Waals surface area contributed by atoms with E-state index in [2.05, 4.69) is 20.2 Å². The lowest BCUT2D eigenvalue weighted by Crippen LogP contribution is -2.27. The molecule has 5 nitrogen and oxygen atoms in total. The molecular formula is C16H18F2N4O. The molecule has 7 heteroatoms. The van der Waals surface area contributed by atoms with E-state index >= 15 is 0 Å². The number of nitrogens with zero attached hydrogens (tertiary/aromatic N) is 3. The zero-order valence-corrected chi connectivity index (χ0v) is 12.8. The number of ether oxygens (including phenoxy) is 1. The molecule has 23 heavy (non-hydrogen) atoms. The first kappa shape index (κ1) is 15.6. The molecule has 1 aliphatic heterocycles. The highest BCUT2D eigenvalue weighted by Gasteiger charge is 2.23. The second-order valence-electron chi connectivity index (χ2n) is 5.52. The summed E-state index contributed by atoms with van der Waals surface area (Å²) in [6, 6.07) is 5.57. The summed E-state index contributed by atoms with van der Waals surface area (Å²) in [4.78, 5) is 10.5. The molecule has 122 valence electrons. The van der Waals surface area contributed by atoms with E-state index < -0.39 is 11.6 Å². The van der Waals surface area contributed by atoms with Crippen LogP contribution in [0.4, 0.5) is 14.7 Å². The van der Waals surface area contributed by atoms with Gasteiger partial charge >= 0.3 is 0 Å². The summed E-state index contributed by atoms with van der Waals surface area (Å²) < 4.78 is 31.7. The topological polar surface area (TPSA) is 50.3 Å². The molecule has 1 saturated heterocycles. The Kier molecular flexibility index (Phi) is 4.66. The molecule has 1 N–H and O–H groups in total. The largest absolute Gasteiger partial charge is 0.481 e. The van der Waals surface area contributed by atoms with Crippen LogP contribution in [0, 0.1) is 11.6 Å². The van der Waals surface area contributed by atoms with E-state index in [4.69, 9.17) is 4.74 Å². The number of aromatic nitrogens is 2. The molecule has 1 aliphatic rings. The zero-order chi connectivity index (χ0) is 16.2. The minimum absolute atomic E-state index is 0.186. The van der Waals surface area contributed by atoms with Gasteiger partial charge in [-0.1, -0.05) is 6.07 Å². The fraction of sp³-hybridized carbons (Fsp3) is 0.375. The second-order valence-corrected chi connectivity index (χ2v) is 5.52. The molecular weight excluding hydrogens is 302 g/mol. The van der Waals surface area contributed by atoms with Crippen molar-refractivity contribution in [3.63, 3.8) is 0 Å². The summed E-state index contributed by atoms with van der Waals surface area (Å²) in [6.45, 7) is 2.04. The van der Waals surface area contributed by atoms with Crippen LogP contribution in [0.15, 0.2) is 30.5 Å². The van der Waals surface area contributed by atoms with Crippen molar-refractivity contribution in [2.24, 2.45) is 0 Å². The summed E-state index contributed by atoms with van der Waals surface area (Å²) in [5.41, 5.74) is 0.504. The van der Waals surface area contributed by atoms with Crippen LogP contribution in [0.25, 0.3) is 0 Å². The number of hydrogen-bond acceptors (Lipinski definition) is 5. The maximum atomic E-state index is 13.7. The number of benzene rings is 1. The van der Waals surface area contributed by atoms with Crippen LogP contribution in [0.1, 0.15) is 12.0 Å². The predicted molar refractivity (Wildman–Crippen MR) is 82.2 cm³/mol. The van der Waals surface area contributed by atoms with E-state index in [9.17, 15) is 8.78 Å². The quantitative estimate of drug-likeness (QED) is 0.917. The Morgan fingerprint density at radius 2 is 2.22 bits per heavy atom. The molecule has 0 spiro atoms. The molecule has 1 atom stereocenters. The summed E-state index contributed by atoms with van der Waals surface area (Å²) in [6.07, 6.45) is 2.54. The minimum Gasteiger partial charge on any atom is -0.481 e. The number of methoxy groups -OCH3 is 1. The average Bonchev–Trinajstić information content (AvgIpc) is 2.97. The molecule has 1 unspecified atom stereocenters. The summed E-state index contributed by atoms with van der Waals surface area (Å²) >= 11 is 0. The summed E-state index contributed by atoms with van der Waals surface area (Å²) in [7, 11) is 1.56. The first-order valence-electron chi connectivity index (χ1n) is 7.44. The molecule has 0 bridgehead atoms. The first-order chi connectivity index (χ1) is 11.1. The molecule has 2 aromatic rings. The molecule has 3 rings (SSSR count). The first-order valence-corrected chi connectivity index (χ1v) is 7.44. The highest BCUT2D eigenvalue weighted by molar-refractivity contribution is 5.29. The Labute approximate surface area is 133 Å². The number of nitrogens with one attached hydrogen (secondary N) is 1. The van der Waals surface area contributed by atoms with Crippen molar-refractivity contribution < 1.29 is 13.5 Å². The van der Waals surface area contributed by atoms with Gasteiger partial charge in [0, 0.05) is 49.6 Å². The minimum atomic E-state index is -0.553. The van der Waals surface area contributed by atoms with Crippen LogP contribution in [-0.2, 0) is 6.54 Å². The number of anilines is 1. The SMILES string of the molecule is COc1ccnc(NC2CCN(Cc3ccc(F)cc3F)C2)n1. The third-order valence-corrected chi connectivity index (χ3v) is 3.85. The van der Waals surface area contributed by atoms with Crippen molar-refractivity contribution in [2.75, 3.05) is 25.5 Å². The Hall–Kier alpha value is -2.28. The van der Waals surface area contributed by atoms with Gasteiger partial charge < -0.3 is 10.1 Å². The maximum absolute atomic E-state index is 13.7. The molecule has 0 aliphatic carbocycles. The molecule has 0 amide bonds. The predicted octanol–water partition coefficient (Wildman–Crippen LogP) is 2.45. The van der Waals surface area contributed by atoms with Gasteiger partial charge in [-0.25, -0.2) is 13.8 Å². The van der Waals surface area contributed by atoms with Crippen LogP contribution >= 0.6 is 0 Å². The van der Waals surface area contributed by atoms with Crippen LogP contribution < -0.4 is 10.1 Å². The van der Waals surface area contributed by atoms with Crippen molar-refractivity contribution in [2.45, 2.75) is 19.0 Å². The second kappa shape index (κ2) is 6.87. The number of hydrogen-bond donors (Lipinski definition) is 1. The molecule has 1 fully saturated rings. The smallest absolute Gasteiger partial charge is 0.226 e. The van der Waals surface area contributed by atoms with Crippen LogP contribution in [0.2, 0.25) is 0 Å². The number of likely N-dealkylation sites (tertiary alicyclic amines) is 1. The number of rotatable bonds is 5. The highest BCUT2D eigenvalue weighted by atomic mass is 19.1. The number of halogens is 2. The fourth-order valence-corrected chi connectivity index (χ4v) is 2.69. The van der Waals surface area contributed by atoms with E-state index in [-0.39, 0.29) is 6.04 Å². The van der Waals surface area contributed by atoms with E-state index in [0.717, 1.165) is 25.6 Å². The summed E-state index contributed by atoms with van der Waals surface area (Å²) in [5.74, 6) is -0.0326. The normalized spacial score (nSPS) is 18.1. The van der Waals surface area contributed by atoms with E-state index in [1.807, 2.05) is 0 Å². The van der Waals surface area contributed by atoms with Crippen LogP contribution in [0.5, 0.6) is 5.88 Å². The molecule has 0 radical (unpaired) electrons. The fourth-order valence-electron chi connectivity index (χ4n) is 2.69. The molecule has 1 aromatic heterocycles. The third-order valence-electron chi connectivity index (χ3n) is 3.85.